The minimum absolute atomic E-state index is 0.0299. The van der Waals surface area contributed by atoms with Crippen LogP contribution in [0.4, 0.5) is 0 Å². The van der Waals surface area contributed by atoms with Crippen molar-refractivity contribution in [1.29, 1.82) is 0 Å². The van der Waals surface area contributed by atoms with Gasteiger partial charge in [0.2, 0.25) is 5.91 Å². The summed E-state index contributed by atoms with van der Waals surface area (Å²) in [4.78, 5) is 19.3. The zero-order valence-electron chi connectivity index (χ0n) is 16.6. The molecule has 1 saturated heterocycles. The van der Waals surface area contributed by atoms with Crippen LogP contribution < -0.4 is 0 Å². The van der Waals surface area contributed by atoms with E-state index in [1.807, 2.05) is 11.8 Å². The number of likely N-dealkylation sites (tertiary alicyclic amines) is 1. The highest BCUT2D eigenvalue weighted by atomic mass is 35.5. The van der Waals surface area contributed by atoms with Crippen molar-refractivity contribution in [2.24, 2.45) is 7.05 Å². The topological polar surface area (TPSA) is 51.0 Å². The van der Waals surface area contributed by atoms with E-state index >= 15 is 0 Å². The maximum atomic E-state index is 12.5. The van der Waals surface area contributed by atoms with Crippen LogP contribution in [-0.4, -0.2) is 38.7 Å². The standard InChI is InChI=1S/C20H27ClN4OS/c1-13-15(18(21)24(5)23-13)6-7-17(26)25-10-8-14(9-11-25)19-22-16(12-27-19)20(2,3)4/h6-7,12,14H,8-11H2,1-5H3/b7-6+. The van der Waals surface area contributed by atoms with E-state index in [1.54, 1.807) is 35.2 Å². The highest BCUT2D eigenvalue weighted by Gasteiger charge is 2.26. The molecule has 3 heterocycles. The number of hydrogen-bond donors (Lipinski definition) is 0. The molecule has 0 N–H and O–H groups in total. The molecule has 0 aliphatic carbocycles. The fourth-order valence-corrected chi connectivity index (χ4v) is 4.72. The van der Waals surface area contributed by atoms with Crippen LogP contribution in [0.3, 0.4) is 0 Å². The molecule has 146 valence electrons. The summed E-state index contributed by atoms with van der Waals surface area (Å²) in [7, 11) is 1.79. The van der Waals surface area contributed by atoms with Gasteiger partial charge in [-0.15, -0.1) is 11.3 Å². The molecule has 3 rings (SSSR count). The van der Waals surface area contributed by atoms with Gasteiger partial charge in [-0.3, -0.25) is 9.48 Å². The Labute approximate surface area is 170 Å². The molecule has 0 spiro atoms. The molecule has 7 heteroatoms. The van der Waals surface area contributed by atoms with Crippen LogP contribution in [0, 0.1) is 6.92 Å². The fourth-order valence-electron chi connectivity index (χ4n) is 3.26. The highest BCUT2D eigenvalue weighted by Crippen LogP contribution is 2.33. The van der Waals surface area contributed by atoms with Crippen LogP contribution in [-0.2, 0) is 17.3 Å². The second kappa shape index (κ2) is 7.76. The van der Waals surface area contributed by atoms with Gasteiger partial charge >= 0.3 is 0 Å². The average Bonchev–Trinajstić information content (AvgIpc) is 3.19. The number of thiazole rings is 1. The summed E-state index contributed by atoms with van der Waals surface area (Å²) in [6, 6.07) is 0. The largest absolute Gasteiger partial charge is 0.339 e. The molecule has 1 amide bonds. The summed E-state index contributed by atoms with van der Waals surface area (Å²) in [5, 5.41) is 8.20. The van der Waals surface area contributed by atoms with E-state index in [9.17, 15) is 4.79 Å². The third-order valence-electron chi connectivity index (χ3n) is 5.03. The van der Waals surface area contributed by atoms with Gasteiger partial charge < -0.3 is 4.90 Å². The third kappa shape index (κ3) is 4.43. The number of aryl methyl sites for hydroxylation is 2. The average molecular weight is 407 g/mol. The molecular formula is C20H27ClN4OS. The van der Waals surface area contributed by atoms with Crippen LogP contribution in [0.25, 0.3) is 6.08 Å². The van der Waals surface area contributed by atoms with Gasteiger partial charge in [0.05, 0.1) is 16.4 Å². The molecule has 0 atom stereocenters. The molecule has 0 unspecified atom stereocenters. The van der Waals surface area contributed by atoms with E-state index < -0.39 is 0 Å². The van der Waals surface area contributed by atoms with E-state index in [2.05, 4.69) is 31.2 Å². The van der Waals surface area contributed by atoms with Crippen LogP contribution in [0.5, 0.6) is 0 Å². The Balaban J connectivity index is 1.59. The first kappa shape index (κ1) is 20.1. The quantitative estimate of drug-likeness (QED) is 0.702. The van der Waals surface area contributed by atoms with Gasteiger partial charge in [0.15, 0.2) is 0 Å². The predicted molar refractivity (Wildman–Crippen MR) is 111 cm³/mol. The molecular weight excluding hydrogens is 380 g/mol. The Morgan fingerprint density at radius 1 is 1.33 bits per heavy atom. The summed E-state index contributed by atoms with van der Waals surface area (Å²) in [5.41, 5.74) is 2.87. The van der Waals surface area contributed by atoms with Crippen LogP contribution in [0.1, 0.15) is 61.5 Å². The van der Waals surface area contributed by atoms with Gasteiger partial charge in [0.1, 0.15) is 5.15 Å². The summed E-state index contributed by atoms with van der Waals surface area (Å²) in [6.07, 6.45) is 5.31. The number of hydrogen-bond acceptors (Lipinski definition) is 4. The van der Waals surface area contributed by atoms with Crippen molar-refractivity contribution in [1.82, 2.24) is 19.7 Å². The lowest BCUT2D eigenvalue weighted by Crippen LogP contribution is -2.36. The summed E-state index contributed by atoms with van der Waals surface area (Å²) in [5.74, 6) is 0.483. The Morgan fingerprint density at radius 2 is 2.00 bits per heavy atom. The summed E-state index contributed by atoms with van der Waals surface area (Å²) in [6.45, 7) is 9.98. The molecule has 1 aliphatic heterocycles. The van der Waals surface area contributed by atoms with Crippen LogP contribution in [0.2, 0.25) is 5.15 Å². The second-order valence-corrected chi connectivity index (χ2v) is 9.42. The Hall–Kier alpha value is -1.66. The van der Waals surface area contributed by atoms with E-state index in [0.29, 0.717) is 11.1 Å². The first-order valence-corrected chi connectivity index (χ1v) is 10.5. The van der Waals surface area contributed by atoms with Gasteiger partial charge in [-0.05, 0) is 25.8 Å². The number of piperidine rings is 1. The van der Waals surface area contributed by atoms with E-state index in [-0.39, 0.29) is 11.3 Å². The van der Waals surface area contributed by atoms with Gasteiger partial charge in [-0.25, -0.2) is 4.98 Å². The van der Waals surface area contributed by atoms with Crippen molar-refractivity contribution in [3.63, 3.8) is 0 Å². The van der Waals surface area contributed by atoms with Gasteiger partial charge in [0, 0.05) is 48.5 Å². The molecule has 0 saturated carbocycles. The molecule has 2 aromatic rings. The zero-order chi connectivity index (χ0) is 19.8. The maximum absolute atomic E-state index is 12.5. The predicted octanol–water partition coefficient (Wildman–Crippen LogP) is 4.56. The molecule has 1 aliphatic rings. The van der Waals surface area contributed by atoms with Gasteiger partial charge in [0.25, 0.3) is 0 Å². The van der Waals surface area contributed by atoms with Crippen molar-refractivity contribution < 1.29 is 4.79 Å². The smallest absolute Gasteiger partial charge is 0.246 e. The first-order valence-electron chi connectivity index (χ1n) is 9.29. The minimum atomic E-state index is 0.0299. The first-order chi connectivity index (χ1) is 12.7. The monoisotopic (exact) mass is 406 g/mol. The molecule has 0 radical (unpaired) electrons. The Morgan fingerprint density at radius 3 is 2.52 bits per heavy atom. The number of rotatable bonds is 3. The lowest BCUT2D eigenvalue weighted by molar-refractivity contribution is -0.126. The molecule has 27 heavy (non-hydrogen) atoms. The zero-order valence-corrected chi connectivity index (χ0v) is 18.2. The van der Waals surface area contributed by atoms with Gasteiger partial charge in [-0.2, -0.15) is 5.10 Å². The van der Waals surface area contributed by atoms with Crippen molar-refractivity contribution in [2.75, 3.05) is 13.1 Å². The third-order valence-corrected chi connectivity index (χ3v) is 6.49. The number of halogens is 1. The van der Waals surface area contributed by atoms with E-state index in [4.69, 9.17) is 16.6 Å². The maximum Gasteiger partial charge on any atom is 0.246 e. The number of carbonyl (C=O) groups excluding carboxylic acids is 1. The SMILES string of the molecule is Cc1nn(C)c(Cl)c1/C=C/C(=O)N1CCC(c2nc(C(C)(C)C)cs2)CC1. The molecule has 0 aromatic carbocycles. The van der Waals surface area contributed by atoms with Crippen molar-refractivity contribution in [3.8, 4) is 0 Å². The molecule has 0 bridgehead atoms. The van der Waals surface area contributed by atoms with E-state index in [0.717, 1.165) is 42.9 Å². The fraction of sp³-hybridized carbons (Fsp3) is 0.550. The second-order valence-electron chi connectivity index (χ2n) is 8.17. The van der Waals surface area contributed by atoms with Crippen LogP contribution in [0.15, 0.2) is 11.5 Å². The molecule has 1 fully saturated rings. The van der Waals surface area contributed by atoms with Crippen LogP contribution >= 0.6 is 22.9 Å². The van der Waals surface area contributed by atoms with E-state index in [1.165, 1.54) is 5.01 Å². The lowest BCUT2D eigenvalue weighted by Gasteiger charge is -2.30. The normalized spacial score (nSPS) is 16.4. The Kier molecular flexibility index (Phi) is 5.77. The number of aromatic nitrogens is 3. The Bertz CT molecular complexity index is 854. The summed E-state index contributed by atoms with van der Waals surface area (Å²) >= 11 is 7.98. The molecule has 5 nitrogen and oxygen atoms in total. The summed E-state index contributed by atoms with van der Waals surface area (Å²) < 4.78 is 1.62. The lowest BCUT2D eigenvalue weighted by atomic mass is 9.93. The van der Waals surface area contributed by atoms with Gasteiger partial charge in [-0.1, -0.05) is 32.4 Å². The van der Waals surface area contributed by atoms with Crippen molar-refractivity contribution in [3.05, 3.63) is 38.6 Å². The number of nitrogens with zero attached hydrogens (tertiary/aromatic N) is 4. The molecule has 2 aromatic heterocycles. The number of amides is 1. The van der Waals surface area contributed by atoms with Crippen molar-refractivity contribution >= 4 is 34.9 Å². The van der Waals surface area contributed by atoms with Crippen molar-refractivity contribution in [2.45, 2.75) is 51.9 Å². The number of carbonyl (C=O) groups is 1. The minimum Gasteiger partial charge on any atom is -0.339 e. The highest BCUT2D eigenvalue weighted by molar-refractivity contribution is 7.09.